The van der Waals surface area contributed by atoms with Crippen molar-refractivity contribution in [2.45, 2.75) is 80.6 Å². The summed E-state index contributed by atoms with van der Waals surface area (Å²) < 4.78 is 35.0. The number of carbonyl (C=O) groups is 3. The van der Waals surface area contributed by atoms with E-state index in [0.29, 0.717) is 56.1 Å². The molecule has 3 aliphatic rings. The van der Waals surface area contributed by atoms with Crippen LogP contribution in [-0.4, -0.2) is 98.9 Å². The molecule has 2 unspecified atom stereocenters. The first kappa shape index (κ1) is 32.2. The molecule has 2 amide bonds. The van der Waals surface area contributed by atoms with Crippen molar-refractivity contribution >= 4 is 60.8 Å². The van der Waals surface area contributed by atoms with E-state index in [1.807, 2.05) is 4.90 Å². The van der Waals surface area contributed by atoms with Crippen molar-refractivity contribution in [1.82, 2.24) is 19.4 Å². The Hall–Kier alpha value is -2.25. The highest BCUT2D eigenvalue weighted by Crippen LogP contribution is 2.36. The number of hydrogen-bond acceptors (Lipinski definition) is 8. The van der Waals surface area contributed by atoms with Crippen molar-refractivity contribution in [3.63, 3.8) is 0 Å². The first-order valence-corrected chi connectivity index (χ1v) is 17.8. The Morgan fingerprint density at radius 2 is 1.93 bits per heavy atom. The van der Waals surface area contributed by atoms with Gasteiger partial charge >= 0.3 is 5.97 Å². The second-order valence-corrected chi connectivity index (χ2v) is 15.6. The Morgan fingerprint density at radius 3 is 2.72 bits per heavy atom. The zero-order chi connectivity index (χ0) is 30.7. The Labute approximate surface area is 262 Å². The monoisotopic (exact) mass is 652 g/mol. The number of esters is 1. The largest absolute Gasteiger partial charge is 0.465 e. The number of thiophene rings is 1. The number of fused-ring (bicyclic) bond motifs is 1. The summed E-state index contributed by atoms with van der Waals surface area (Å²) in [4.78, 5) is 43.6. The highest BCUT2D eigenvalue weighted by atomic mass is 35.5. The Morgan fingerprint density at radius 1 is 1.14 bits per heavy atom. The van der Waals surface area contributed by atoms with Crippen molar-refractivity contribution in [1.29, 1.82) is 0 Å². The Kier molecular flexibility index (Phi) is 10.3. The van der Waals surface area contributed by atoms with E-state index in [4.69, 9.17) is 16.3 Å². The molecule has 0 radical (unpaired) electrons. The van der Waals surface area contributed by atoms with Crippen molar-refractivity contribution in [2.75, 3.05) is 39.8 Å². The van der Waals surface area contributed by atoms with E-state index in [0.717, 1.165) is 59.9 Å². The fraction of sp³-hybridized carbons (Fsp3) is 0.633. The van der Waals surface area contributed by atoms with E-state index in [1.54, 1.807) is 24.3 Å². The quantitative estimate of drug-likeness (QED) is 0.367. The van der Waals surface area contributed by atoms with E-state index in [-0.39, 0.29) is 34.6 Å². The number of likely N-dealkylation sites (tertiary alicyclic amines) is 2. The molecule has 1 aliphatic carbocycles. The lowest BCUT2D eigenvalue weighted by atomic mass is 9.96. The summed E-state index contributed by atoms with van der Waals surface area (Å²) in [6.07, 6.45) is 7.15. The maximum atomic E-state index is 13.5. The molecule has 0 bridgehead atoms. The van der Waals surface area contributed by atoms with Crippen LogP contribution in [0.1, 0.15) is 58.3 Å². The number of rotatable bonds is 11. The number of piperidine rings is 1. The standard InChI is InChI=1S/C30H41ClN4O6S2/c1-20(36)41-14-13-33(2)24-9-7-21(15-24)16-25-5-3-12-35(25)28(37)19-34-11-4-6-26(30(34)38)32-43(39,40)29-18-22-17-23(31)8-10-27(22)42-29/h8,10,17-18,21,24-26,32H,3-7,9,11-16,19H2,1-2H3/t21?,24?,25-,26-/m0/s1. The maximum absolute atomic E-state index is 13.5. The normalized spacial score (nSPS) is 24.8. The van der Waals surface area contributed by atoms with Gasteiger partial charge in [0, 0.05) is 48.4 Å². The van der Waals surface area contributed by atoms with Crippen LogP contribution in [0.15, 0.2) is 28.5 Å². The molecule has 2 aliphatic heterocycles. The summed E-state index contributed by atoms with van der Waals surface area (Å²) in [7, 11) is -1.85. The van der Waals surface area contributed by atoms with E-state index in [2.05, 4.69) is 16.7 Å². The van der Waals surface area contributed by atoms with Crippen LogP contribution in [0.4, 0.5) is 0 Å². The molecule has 10 nitrogen and oxygen atoms in total. The smallest absolute Gasteiger partial charge is 0.302 e. The second-order valence-electron chi connectivity index (χ2n) is 12.1. The molecule has 2 aromatic rings. The molecule has 0 spiro atoms. The van der Waals surface area contributed by atoms with Gasteiger partial charge in [0.15, 0.2) is 0 Å². The topological polar surface area (TPSA) is 116 Å². The molecule has 1 N–H and O–H groups in total. The van der Waals surface area contributed by atoms with E-state index in [1.165, 1.54) is 11.8 Å². The first-order chi connectivity index (χ1) is 20.5. The van der Waals surface area contributed by atoms with Crippen LogP contribution in [0.2, 0.25) is 5.02 Å². The fourth-order valence-electron chi connectivity index (χ4n) is 6.80. The minimum absolute atomic E-state index is 0.0267. The number of ether oxygens (including phenoxy) is 1. The summed E-state index contributed by atoms with van der Waals surface area (Å²) in [6.45, 7) is 3.64. The highest BCUT2D eigenvalue weighted by molar-refractivity contribution is 7.91. The minimum atomic E-state index is -3.92. The molecule has 1 saturated carbocycles. The van der Waals surface area contributed by atoms with Crippen LogP contribution in [0.5, 0.6) is 0 Å². The van der Waals surface area contributed by atoms with Crippen LogP contribution < -0.4 is 4.72 Å². The highest BCUT2D eigenvalue weighted by Gasteiger charge is 2.38. The van der Waals surface area contributed by atoms with Crippen LogP contribution in [0.25, 0.3) is 10.1 Å². The average molecular weight is 653 g/mol. The number of sulfonamides is 1. The zero-order valence-electron chi connectivity index (χ0n) is 24.8. The first-order valence-electron chi connectivity index (χ1n) is 15.1. The maximum Gasteiger partial charge on any atom is 0.302 e. The molecular weight excluding hydrogens is 612 g/mol. The van der Waals surface area contributed by atoms with Gasteiger partial charge in [0.05, 0.1) is 6.54 Å². The molecule has 13 heteroatoms. The van der Waals surface area contributed by atoms with Gasteiger partial charge in [-0.1, -0.05) is 11.6 Å². The zero-order valence-corrected chi connectivity index (χ0v) is 27.2. The SMILES string of the molecule is CC(=O)OCCN(C)C1CCC(C[C@@H]2CCCN2C(=O)CN2CCC[C@H](NS(=O)(=O)c3cc4cc(Cl)ccc4s3)C2=O)C1. The second kappa shape index (κ2) is 13.8. The molecular formula is C30H41ClN4O6S2. The summed E-state index contributed by atoms with van der Waals surface area (Å²) in [5, 5.41) is 1.26. The van der Waals surface area contributed by atoms with Crippen molar-refractivity contribution in [3.05, 3.63) is 29.3 Å². The number of halogens is 1. The number of carbonyl (C=O) groups excluding carboxylic acids is 3. The predicted octanol–water partition coefficient (Wildman–Crippen LogP) is 3.87. The molecule has 1 aromatic carbocycles. The van der Waals surface area contributed by atoms with Gasteiger partial charge in [-0.15, -0.1) is 11.3 Å². The molecule has 5 rings (SSSR count). The Balaban J connectivity index is 1.14. The molecule has 4 atom stereocenters. The molecule has 1 aromatic heterocycles. The van der Waals surface area contributed by atoms with Crippen molar-refractivity contribution in [2.24, 2.45) is 5.92 Å². The van der Waals surface area contributed by atoms with Crippen molar-refractivity contribution < 1.29 is 27.5 Å². The number of likely N-dealkylation sites (N-methyl/N-ethyl adjacent to an activating group) is 1. The van der Waals surface area contributed by atoms with E-state index in [9.17, 15) is 22.8 Å². The third-order valence-electron chi connectivity index (χ3n) is 9.06. The van der Waals surface area contributed by atoms with Gasteiger partial charge in [0.2, 0.25) is 11.8 Å². The van der Waals surface area contributed by atoms with Crippen LogP contribution in [-0.2, 0) is 29.1 Å². The summed E-state index contributed by atoms with van der Waals surface area (Å²) in [5.41, 5.74) is 0. The Bertz CT molecular complexity index is 1450. The van der Waals surface area contributed by atoms with Gasteiger partial charge in [0.1, 0.15) is 16.9 Å². The molecule has 2 saturated heterocycles. The van der Waals surface area contributed by atoms with Gasteiger partial charge in [-0.2, -0.15) is 4.72 Å². The number of benzene rings is 1. The molecule has 3 heterocycles. The molecule has 3 fully saturated rings. The van der Waals surface area contributed by atoms with Crippen LogP contribution in [0.3, 0.4) is 0 Å². The molecule has 43 heavy (non-hydrogen) atoms. The lowest BCUT2D eigenvalue weighted by Gasteiger charge is -2.34. The molecule has 236 valence electrons. The van der Waals surface area contributed by atoms with E-state index >= 15 is 0 Å². The summed E-state index contributed by atoms with van der Waals surface area (Å²) in [6, 6.07) is 6.50. The number of amides is 2. The average Bonchev–Trinajstić information content (AvgIpc) is 3.71. The lowest BCUT2D eigenvalue weighted by Crippen LogP contribution is -2.54. The van der Waals surface area contributed by atoms with Crippen LogP contribution >= 0.6 is 22.9 Å². The summed E-state index contributed by atoms with van der Waals surface area (Å²) in [5.74, 6) is -0.141. The van der Waals surface area contributed by atoms with Crippen LogP contribution in [0, 0.1) is 5.92 Å². The fourth-order valence-corrected chi connectivity index (χ4v) is 9.60. The van der Waals surface area contributed by atoms with Gasteiger partial charge in [0.25, 0.3) is 10.0 Å². The predicted molar refractivity (Wildman–Crippen MR) is 167 cm³/mol. The minimum Gasteiger partial charge on any atom is -0.465 e. The van der Waals surface area contributed by atoms with Gasteiger partial charge in [-0.3, -0.25) is 14.4 Å². The van der Waals surface area contributed by atoms with Gasteiger partial charge in [-0.05, 0) is 94.0 Å². The third-order valence-corrected chi connectivity index (χ3v) is 12.4. The lowest BCUT2D eigenvalue weighted by molar-refractivity contribution is -0.143. The number of nitrogens with zero attached hydrogens (tertiary/aromatic N) is 3. The summed E-state index contributed by atoms with van der Waals surface area (Å²) >= 11 is 7.19. The van der Waals surface area contributed by atoms with Gasteiger partial charge < -0.3 is 19.4 Å². The van der Waals surface area contributed by atoms with E-state index < -0.39 is 16.1 Å². The third kappa shape index (κ3) is 7.89. The van der Waals surface area contributed by atoms with Crippen molar-refractivity contribution in [3.8, 4) is 0 Å². The number of nitrogens with one attached hydrogen (secondary N) is 1. The van der Waals surface area contributed by atoms with Gasteiger partial charge in [-0.25, -0.2) is 8.42 Å². The number of hydrogen-bond donors (Lipinski definition) is 1.